The molecule has 3 heterocycles. The number of hydrogen-bond acceptors (Lipinski definition) is 4. The first-order valence-corrected chi connectivity index (χ1v) is 9.43. The highest BCUT2D eigenvalue weighted by Gasteiger charge is 2.32. The SMILES string of the molecule is Cc1cc2n(n1)CCC(=O)N2C(C)C(=O)NCCCN1CCCCC1. The average molecular weight is 347 g/mol. The van der Waals surface area contributed by atoms with Gasteiger partial charge in [0.15, 0.2) is 0 Å². The summed E-state index contributed by atoms with van der Waals surface area (Å²) in [6.45, 7) is 8.31. The highest BCUT2D eigenvalue weighted by atomic mass is 16.2. The average Bonchev–Trinajstić information content (AvgIpc) is 2.99. The third-order valence-corrected chi connectivity index (χ3v) is 5.10. The summed E-state index contributed by atoms with van der Waals surface area (Å²) in [7, 11) is 0. The van der Waals surface area contributed by atoms with Gasteiger partial charge in [-0.05, 0) is 52.7 Å². The number of anilines is 1. The summed E-state index contributed by atoms with van der Waals surface area (Å²) in [6, 6.07) is 1.36. The molecule has 1 aromatic heterocycles. The van der Waals surface area contributed by atoms with Crippen LogP contribution in [-0.4, -0.2) is 58.7 Å². The number of piperidine rings is 1. The maximum Gasteiger partial charge on any atom is 0.242 e. The molecule has 138 valence electrons. The van der Waals surface area contributed by atoms with Crippen molar-refractivity contribution < 1.29 is 9.59 Å². The van der Waals surface area contributed by atoms with E-state index in [1.54, 1.807) is 11.8 Å². The van der Waals surface area contributed by atoms with Gasteiger partial charge in [-0.3, -0.25) is 14.5 Å². The number of fused-ring (bicyclic) bond motifs is 1. The van der Waals surface area contributed by atoms with Crippen LogP contribution in [0.3, 0.4) is 0 Å². The Bertz CT molecular complexity index is 621. The van der Waals surface area contributed by atoms with Crippen LogP contribution in [0.2, 0.25) is 0 Å². The van der Waals surface area contributed by atoms with Crippen molar-refractivity contribution in [3.8, 4) is 0 Å². The molecular formula is C18H29N5O2. The predicted molar refractivity (Wildman–Crippen MR) is 96.4 cm³/mol. The van der Waals surface area contributed by atoms with Crippen molar-refractivity contribution in [3.05, 3.63) is 11.8 Å². The zero-order valence-corrected chi connectivity index (χ0v) is 15.3. The summed E-state index contributed by atoms with van der Waals surface area (Å²) in [6.07, 6.45) is 5.25. The van der Waals surface area contributed by atoms with Gasteiger partial charge in [-0.25, -0.2) is 4.68 Å². The Kier molecular flexibility index (Phi) is 5.73. The third-order valence-electron chi connectivity index (χ3n) is 5.10. The van der Waals surface area contributed by atoms with Crippen LogP contribution in [0, 0.1) is 6.92 Å². The Labute approximate surface area is 149 Å². The molecule has 1 unspecified atom stereocenters. The van der Waals surface area contributed by atoms with E-state index in [2.05, 4.69) is 15.3 Å². The van der Waals surface area contributed by atoms with Crippen LogP contribution in [0.4, 0.5) is 5.82 Å². The lowest BCUT2D eigenvalue weighted by Crippen LogP contribution is -2.51. The number of hydrogen-bond donors (Lipinski definition) is 1. The Morgan fingerprint density at radius 1 is 1.28 bits per heavy atom. The Balaban J connectivity index is 1.50. The number of likely N-dealkylation sites (tertiary alicyclic amines) is 1. The Morgan fingerprint density at radius 2 is 2.04 bits per heavy atom. The van der Waals surface area contributed by atoms with Crippen LogP contribution in [0.25, 0.3) is 0 Å². The molecule has 0 bridgehead atoms. The molecule has 2 amide bonds. The summed E-state index contributed by atoms with van der Waals surface area (Å²) in [5.74, 6) is 0.618. The van der Waals surface area contributed by atoms with Gasteiger partial charge in [-0.1, -0.05) is 6.42 Å². The predicted octanol–water partition coefficient (Wildman–Crippen LogP) is 1.31. The van der Waals surface area contributed by atoms with Gasteiger partial charge in [0.2, 0.25) is 11.8 Å². The van der Waals surface area contributed by atoms with Gasteiger partial charge < -0.3 is 10.2 Å². The summed E-state index contributed by atoms with van der Waals surface area (Å²) >= 11 is 0. The maximum absolute atomic E-state index is 12.5. The second kappa shape index (κ2) is 7.99. The molecular weight excluding hydrogens is 318 g/mol. The second-order valence-electron chi connectivity index (χ2n) is 7.10. The van der Waals surface area contributed by atoms with Gasteiger partial charge in [-0.15, -0.1) is 0 Å². The molecule has 1 N–H and O–H groups in total. The van der Waals surface area contributed by atoms with Crippen molar-refractivity contribution >= 4 is 17.6 Å². The minimum absolute atomic E-state index is 0.0108. The van der Waals surface area contributed by atoms with Gasteiger partial charge in [0, 0.05) is 19.0 Å². The lowest BCUT2D eigenvalue weighted by atomic mass is 10.1. The fourth-order valence-corrected chi connectivity index (χ4v) is 3.72. The summed E-state index contributed by atoms with van der Waals surface area (Å²) in [4.78, 5) is 28.9. The molecule has 0 saturated carbocycles. The zero-order chi connectivity index (χ0) is 17.8. The number of rotatable bonds is 6. The molecule has 2 aliphatic heterocycles. The number of carbonyl (C=O) groups excluding carboxylic acids is 2. The summed E-state index contributed by atoms with van der Waals surface area (Å²) in [5.41, 5.74) is 0.865. The highest BCUT2D eigenvalue weighted by Crippen LogP contribution is 2.24. The lowest BCUT2D eigenvalue weighted by Gasteiger charge is -2.32. The molecule has 0 aromatic carbocycles. The van der Waals surface area contributed by atoms with Crippen LogP contribution in [0.1, 0.15) is 44.7 Å². The van der Waals surface area contributed by atoms with E-state index in [1.807, 2.05) is 17.7 Å². The first-order chi connectivity index (χ1) is 12.1. The van der Waals surface area contributed by atoms with E-state index in [1.165, 1.54) is 32.4 Å². The first kappa shape index (κ1) is 17.9. The molecule has 7 heteroatoms. The van der Waals surface area contributed by atoms with Gasteiger partial charge in [-0.2, -0.15) is 5.10 Å². The number of nitrogens with zero attached hydrogens (tertiary/aromatic N) is 4. The van der Waals surface area contributed by atoms with Crippen LogP contribution in [0.15, 0.2) is 6.07 Å². The topological polar surface area (TPSA) is 70.5 Å². The smallest absolute Gasteiger partial charge is 0.242 e. The van der Waals surface area contributed by atoms with Gasteiger partial charge in [0.05, 0.1) is 12.2 Å². The third kappa shape index (κ3) is 4.21. The number of aryl methyl sites for hydroxylation is 2. The number of carbonyl (C=O) groups is 2. The maximum atomic E-state index is 12.5. The normalized spacial score (nSPS) is 19.6. The van der Waals surface area contributed by atoms with Crippen molar-refractivity contribution in [2.24, 2.45) is 0 Å². The molecule has 1 atom stereocenters. The first-order valence-electron chi connectivity index (χ1n) is 9.43. The largest absolute Gasteiger partial charge is 0.354 e. The number of nitrogens with one attached hydrogen (secondary N) is 1. The van der Waals surface area contributed by atoms with E-state index in [9.17, 15) is 9.59 Å². The summed E-state index contributed by atoms with van der Waals surface area (Å²) < 4.78 is 1.82. The number of amides is 2. The molecule has 3 rings (SSSR count). The minimum atomic E-state index is -0.516. The molecule has 7 nitrogen and oxygen atoms in total. The second-order valence-corrected chi connectivity index (χ2v) is 7.10. The van der Waals surface area contributed by atoms with E-state index in [0.717, 1.165) is 24.5 Å². The molecule has 0 aliphatic carbocycles. The van der Waals surface area contributed by atoms with Crippen molar-refractivity contribution in [2.45, 2.75) is 58.5 Å². The molecule has 0 spiro atoms. The van der Waals surface area contributed by atoms with Crippen molar-refractivity contribution in [3.63, 3.8) is 0 Å². The van der Waals surface area contributed by atoms with Crippen LogP contribution in [0.5, 0.6) is 0 Å². The van der Waals surface area contributed by atoms with E-state index in [0.29, 0.717) is 19.5 Å². The van der Waals surface area contributed by atoms with Gasteiger partial charge in [0.1, 0.15) is 11.9 Å². The molecule has 1 aromatic rings. The standard InChI is InChI=1S/C18H29N5O2/c1-14-13-16-22(20-14)12-7-17(24)23(16)15(2)18(25)19-8-6-11-21-9-4-3-5-10-21/h13,15H,3-12H2,1-2H3,(H,19,25). The molecule has 1 saturated heterocycles. The van der Waals surface area contributed by atoms with Crippen LogP contribution in [-0.2, 0) is 16.1 Å². The molecule has 2 aliphatic rings. The quantitative estimate of drug-likeness (QED) is 0.788. The van der Waals surface area contributed by atoms with Crippen LogP contribution >= 0.6 is 0 Å². The number of aromatic nitrogens is 2. The fourth-order valence-electron chi connectivity index (χ4n) is 3.72. The van der Waals surface area contributed by atoms with E-state index >= 15 is 0 Å². The van der Waals surface area contributed by atoms with Crippen molar-refractivity contribution in [1.82, 2.24) is 20.0 Å². The summed E-state index contributed by atoms with van der Waals surface area (Å²) in [5, 5.41) is 7.38. The lowest BCUT2D eigenvalue weighted by molar-refractivity contribution is -0.126. The van der Waals surface area contributed by atoms with Gasteiger partial charge >= 0.3 is 0 Å². The minimum Gasteiger partial charge on any atom is -0.354 e. The van der Waals surface area contributed by atoms with E-state index in [-0.39, 0.29) is 11.8 Å². The van der Waals surface area contributed by atoms with E-state index < -0.39 is 6.04 Å². The zero-order valence-electron chi connectivity index (χ0n) is 15.3. The van der Waals surface area contributed by atoms with Crippen LogP contribution < -0.4 is 10.2 Å². The molecule has 1 fully saturated rings. The molecule has 25 heavy (non-hydrogen) atoms. The van der Waals surface area contributed by atoms with Crippen molar-refractivity contribution in [1.29, 1.82) is 0 Å². The van der Waals surface area contributed by atoms with E-state index in [4.69, 9.17) is 0 Å². The van der Waals surface area contributed by atoms with Gasteiger partial charge in [0.25, 0.3) is 0 Å². The highest BCUT2D eigenvalue weighted by molar-refractivity contribution is 6.00. The fraction of sp³-hybridized carbons (Fsp3) is 0.722. The Hall–Kier alpha value is -1.89. The van der Waals surface area contributed by atoms with Crippen molar-refractivity contribution in [2.75, 3.05) is 31.1 Å². The monoisotopic (exact) mass is 347 g/mol. The Morgan fingerprint density at radius 3 is 2.80 bits per heavy atom. The molecule has 0 radical (unpaired) electrons.